The minimum absolute atomic E-state index is 0.270. The van der Waals surface area contributed by atoms with Gasteiger partial charge in [-0.05, 0) is 31.7 Å². The summed E-state index contributed by atoms with van der Waals surface area (Å²) in [5.41, 5.74) is 1.84. The van der Waals surface area contributed by atoms with E-state index in [0.717, 1.165) is 23.6 Å². The Hall–Kier alpha value is -1.23. The first-order chi connectivity index (χ1) is 7.56. The number of carbonyl (C=O) groups is 1. The topological polar surface area (TPSA) is 62.2 Å². The molecule has 0 atom stereocenters. The Bertz CT molecular complexity index is 394. The molecule has 0 saturated heterocycles. The van der Waals surface area contributed by atoms with Crippen LogP contribution < -0.4 is 5.32 Å². The first kappa shape index (κ1) is 12.8. The number of aromatic nitrogens is 1. The molecule has 1 heterocycles. The maximum Gasteiger partial charge on any atom is 0.339 e. The predicted molar refractivity (Wildman–Crippen MR) is 67.5 cm³/mol. The van der Waals surface area contributed by atoms with Gasteiger partial charge in [-0.15, -0.1) is 0 Å². The summed E-state index contributed by atoms with van der Waals surface area (Å²) in [6.45, 7) is 4.37. The lowest BCUT2D eigenvalue weighted by molar-refractivity contribution is 0.0697. The number of nitrogens with one attached hydrogen (secondary N) is 1. The van der Waals surface area contributed by atoms with Crippen molar-refractivity contribution in [3.8, 4) is 0 Å². The van der Waals surface area contributed by atoms with Gasteiger partial charge < -0.3 is 10.4 Å². The van der Waals surface area contributed by atoms with Crippen LogP contribution in [0, 0.1) is 13.8 Å². The van der Waals surface area contributed by atoms with E-state index in [2.05, 4.69) is 10.3 Å². The van der Waals surface area contributed by atoms with E-state index in [4.69, 9.17) is 5.11 Å². The monoisotopic (exact) mass is 240 g/mol. The highest BCUT2D eigenvalue weighted by Gasteiger charge is 2.14. The van der Waals surface area contributed by atoms with Gasteiger partial charge in [0.05, 0.1) is 0 Å². The summed E-state index contributed by atoms with van der Waals surface area (Å²) in [6.07, 6.45) is 2.01. The SMILES string of the molecule is CSCCNc1nc(C)cc(C)c1C(=O)O. The van der Waals surface area contributed by atoms with E-state index < -0.39 is 5.97 Å². The van der Waals surface area contributed by atoms with Crippen LogP contribution in [0.5, 0.6) is 0 Å². The van der Waals surface area contributed by atoms with Crippen molar-refractivity contribution in [2.24, 2.45) is 0 Å². The number of thioether (sulfide) groups is 1. The van der Waals surface area contributed by atoms with Crippen molar-refractivity contribution in [2.75, 3.05) is 23.9 Å². The third kappa shape index (κ3) is 3.13. The molecule has 0 aromatic carbocycles. The molecule has 0 spiro atoms. The Morgan fingerprint density at radius 1 is 1.56 bits per heavy atom. The summed E-state index contributed by atoms with van der Waals surface area (Å²) in [5.74, 6) is 0.462. The summed E-state index contributed by atoms with van der Waals surface area (Å²) in [4.78, 5) is 15.3. The average Bonchev–Trinajstić information content (AvgIpc) is 2.16. The number of rotatable bonds is 5. The summed E-state index contributed by atoms with van der Waals surface area (Å²) < 4.78 is 0. The zero-order chi connectivity index (χ0) is 12.1. The smallest absolute Gasteiger partial charge is 0.339 e. The Kier molecular flexibility index (Phi) is 4.61. The van der Waals surface area contributed by atoms with Gasteiger partial charge in [0.25, 0.3) is 0 Å². The van der Waals surface area contributed by atoms with Gasteiger partial charge in [0.1, 0.15) is 11.4 Å². The third-order valence-corrected chi connectivity index (χ3v) is 2.77. The van der Waals surface area contributed by atoms with Gasteiger partial charge in [-0.25, -0.2) is 9.78 Å². The molecule has 16 heavy (non-hydrogen) atoms. The van der Waals surface area contributed by atoms with Gasteiger partial charge in [-0.1, -0.05) is 0 Å². The van der Waals surface area contributed by atoms with Gasteiger partial charge >= 0.3 is 5.97 Å². The lowest BCUT2D eigenvalue weighted by atomic mass is 10.1. The molecule has 88 valence electrons. The largest absolute Gasteiger partial charge is 0.478 e. The van der Waals surface area contributed by atoms with Gasteiger partial charge in [-0.3, -0.25) is 0 Å². The molecule has 4 nitrogen and oxygen atoms in total. The molecule has 0 bridgehead atoms. The molecular formula is C11H16N2O2S. The van der Waals surface area contributed by atoms with Crippen LogP contribution in [0.1, 0.15) is 21.6 Å². The lowest BCUT2D eigenvalue weighted by Gasteiger charge is -2.11. The first-order valence-electron chi connectivity index (χ1n) is 5.00. The zero-order valence-electron chi connectivity index (χ0n) is 9.70. The number of hydrogen-bond donors (Lipinski definition) is 2. The van der Waals surface area contributed by atoms with E-state index in [9.17, 15) is 4.79 Å². The van der Waals surface area contributed by atoms with Crippen LogP contribution in [0.3, 0.4) is 0 Å². The molecule has 0 amide bonds. The third-order valence-electron chi connectivity index (χ3n) is 2.16. The number of carboxylic acids is 1. The van der Waals surface area contributed by atoms with Gasteiger partial charge in [0.15, 0.2) is 0 Å². The molecule has 0 saturated carbocycles. The van der Waals surface area contributed by atoms with Crippen LogP contribution in [-0.4, -0.2) is 34.6 Å². The molecular weight excluding hydrogens is 224 g/mol. The van der Waals surface area contributed by atoms with Crippen molar-refractivity contribution < 1.29 is 9.90 Å². The molecule has 1 rings (SSSR count). The lowest BCUT2D eigenvalue weighted by Crippen LogP contribution is -2.13. The van der Waals surface area contributed by atoms with Crippen LogP contribution in [0.2, 0.25) is 0 Å². The summed E-state index contributed by atoms with van der Waals surface area (Å²) in [7, 11) is 0. The highest BCUT2D eigenvalue weighted by Crippen LogP contribution is 2.18. The Morgan fingerprint density at radius 3 is 2.81 bits per heavy atom. The van der Waals surface area contributed by atoms with Crippen molar-refractivity contribution in [1.29, 1.82) is 0 Å². The summed E-state index contributed by atoms with van der Waals surface area (Å²) in [5, 5.41) is 12.2. The van der Waals surface area contributed by atoms with E-state index in [0.29, 0.717) is 5.82 Å². The van der Waals surface area contributed by atoms with Gasteiger partial charge in [0, 0.05) is 18.0 Å². The second-order valence-corrected chi connectivity index (χ2v) is 4.51. The number of aryl methyl sites for hydroxylation is 2. The maximum absolute atomic E-state index is 11.1. The van der Waals surface area contributed by atoms with Crippen molar-refractivity contribution in [3.63, 3.8) is 0 Å². The van der Waals surface area contributed by atoms with Crippen molar-refractivity contribution in [1.82, 2.24) is 4.98 Å². The number of hydrogen-bond acceptors (Lipinski definition) is 4. The molecule has 0 fully saturated rings. The second-order valence-electron chi connectivity index (χ2n) is 3.53. The maximum atomic E-state index is 11.1. The van der Waals surface area contributed by atoms with Crippen molar-refractivity contribution >= 4 is 23.5 Å². The van der Waals surface area contributed by atoms with E-state index in [1.807, 2.05) is 13.2 Å². The first-order valence-corrected chi connectivity index (χ1v) is 6.40. The van der Waals surface area contributed by atoms with Crippen LogP contribution in [-0.2, 0) is 0 Å². The fourth-order valence-electron chi connectivity index (χ4n) is 1.51. The number of pyridine rings is 1. The highest BCUT2D eigenvalue weighted by molar-refractivity contribution is 7.98. The summed E-state index contributed by atoms with van der Waals surface area (Å²) >= 11 is 1.71. The van der Waals surface area contributed by atoms with Gasteiger partial charge in [0.2, 0.25) is 0 Å². The fourth-order valence-corrected chi connectivity index (χ4v) is 1.81. The quantitative estimate of drug-likeness (QED) is 0.772. The number of nitrogens with zero attached hydrogens (tertiary/aromatic N) is 1. The van der Waals surface area contributed by atoms with Crippen LogP contribution in [0.15, 0.2) is 6.07 Å². The van der Waals surface area contributed by atoms with Crippen LogP contribution in [0.25, 0.3) is 0 Å². The average molecular weight is 240 g/mol. The van der Waals surface area contributed by atoms with E-state index >= 15 is 0 Å². The zero-order valence-corrected chi connectivity index (χ0v) is 10.5. The van der Waals surface area contributed by atoms with E-state index in [1.54, 1.807) is 24.8 Å². The number of anilines is 1. The van der Waals surface area contributed by atoms with Crippen LogP contribution >= 0.6 is 11.8 Å². The second kappa shape index (κ2) is 5.75. The Morgan fingerprint density at radius 2 is 2.25 bits per heavy atom. The number of aromatic carboxylic acids is 1. The van der Waals surface area contributed by atoms with Crippen LogP contribution in [0.4, 0.5) is 5.82 Å². The molecule has 2 N–H and O–H groups in total. The normalized spacial score (nSPS) is 10.2. The standard InChI is InChI=1S/C11H16N2O2S/c1-7-6-8(2)13-10(9(7)11(14)15)12-4-5-16-3/h6H,4-5H2,1-3H3,(H,12,13)(H,14,15). The molecule has 0 radical (unpaired) electrons. The number of carboxylic acid groups (broad SMARTS) is 1. The predicted octanol–water partition coefficient (Wildman–Crippen LogP) is 2.17. The Balaban J connectivity index is 2.99. The summed E-state index contributed by atoms with van der Waals surface area (Å²) in [6, 6.07) is 1.78. The molecule has 5 heteroatoms. The minimum atomic E-state index is -0.934. The van der Waals surface area contributed by atoms with Gasteiger partial charge in [-0.2, -0.15) is 11.8 Å². The molecule has 0 aliphatic rings. The van der Waals surface area contributed by atoms with E-state index in [-0.39, 0.29) is 5.56 Å². The fraction of sp³-hybridized carbons (Fsp3) is 0.455. The molecule has 1 aromatic rings. The van der Waals surface area contributed by atoms with Crippen molar-refractivity contribution in [2.45, 2.75) is 13.8 Å². The van der Waals surface area contributed by atoms with Crippen molar-refractivity contribution in [3.05, 3.63) is 22.9 Å². The highest BCUT2D eigenvalue weighted by atomic mass is 32.2. The molecule has 0 unspecified atom stereocenters. The Labute approximate surface area is 99.5 Å². The molecule has 1 aromatic heterocycles. The molecule has 0 aliphatic heterocycles. The minimum Gasteiger partial charge on any atom is -0.478 e. The molecule has 0 aliphatic carbocycles. The van der Waals surface area contributed by atoms with E-state index in [1.165, 1.54) is 0 Å².